The van der Waals surface area contributed by atoms with Crippen LogP contribution in [0, 0.1) is 0 Å². The van der Waals surface area contributed by atoms with Gasteiger partial charge >= 0.3 is 75.5 Å². The molecule has 1 aromatic rings. The van der Waals surface area contributed by atoms with Crippen LogP contribution in [-0.4, -0.2) is 108 Å². The van der Waals surface area contributed by atoms with Crippen molar-refractivity contribution in [1.82, 2.24) is 15.0 Å². The van der Waals surface area contributed by atoms with Crippen LogP contribution >= 0.6 is 0 Å². The van der Waals surface area contributed by atoms with Gasteiger partial charge in [-0.2, -0.15) is 15.0 Å². The molecule has 0 fully saturated rings. The van der Waals surface area contributed by atoms with Gasteiger partial charge in [0.15, 0.2) is 0 Å². The summed E-state index contributed by atoms with van der Waals surface area (Å²) in [5.74, 6) is -0.695. The predicted octanol–water partition coefficient (Wildman–Crippen LogP) is 2.52. The number of nitrogens with two attached hydrogens (primary N) is 2. The number of hydrogen-bond acceptors (Lipinski definition) is 9. The Morgan fingerprint density at radius 3 is 1.44 bits per heavy atom. The largest absolute Gasteiger partial charge is 2.00 e. The molecule has 12 heteroatoms. The van der Waals surface area contributed by atoms with Crippen LogP contribution in [0.2, 0.25) is 0 Å². The zero-order valence-electron chi connectivity index (χ0n) is 21.1. The average molecular weight is 536 g/mol. The maximum atomic E-state index is 10.2. The van der Waals surface area contributed by atoms with Crippen LogP contribution in [0.25, 0.3) is 0 Å². The molecular weight excluding hydrogens is 492 g/mol. The fraction of sp³-hybridized carbons (Fsp3) is 0.818. The van der Waals surface area contributed by atoms with Crippen molar-refractivity contribution in [1.29, 1.82) is 0 Å². The number of nitrogens with one attached hydrogen (secondary N) is 1. The molecule has 10 nitrogen and oxygen atoms in total. The minimum Gasteiger partial charge on any atom is -2.00 e. The van der Waals surface area contributed by atoms with E-state index in [4.69, 9.17) is 16.6 Å². The first-order valence-corrected chi connectivity index (χ1v) is 11.8. The number of anilines is 3. The van der Waals surface area contributed by atoms with Crippen molar-refractivity contribution in [3.8, 4) is 0 Å². The van der Waals surface area contributed by atoms with Gasteiger partial charge in [-0.15, -0.1) is 0 Å². The second kappa shape index (κ2) is 31.3. The van der Waals surface area contributed by atoms with Gasteiger partial charge in [0.25, 0.3) is 0 Å². The Balaban J connectivity index is -0.000000275. The first kappa shape index (κ1) is 41.4. The molecule has 0 aliphatic heterocycles. The fourth-order valence-electron chi connectivity index (χ4n) is 3.20. The van der Waals surface area contributed by atoms with E-state index in [-0.39, 0.29) is 112 Å². The summed E-state index contributed by atoms with van der Waals surface area (Å²) in [6.07, 6.45) is 19.9. The number of aromatic nitrogens is 3. The number of aliphatic carboxylic acids is 1. The van der Waals surface area contributed by atoms with Crippen molar-refractivity contribution >= 4 is 99.3 Å². The van der Waals surface area contributed by atoms with Gasteiger partial charge in [-0.25, -0.2) is 0 Å². The second-order valence-electron chi connectivity index (χ2n) is 7.78. The summed E-state index contributed by atoms with van der Waals surface area (Å²) in [4.78, 5) is 21.0. The first-order chi connectivity index (χ1) is 15.0. The zero-order chi connectivity index (χ0) is 23.2. The molecular formula is C22H43Ca2N6O4+. The molecule has 0 atom stereocenters. The summed E-state index contributed by atoms with van der Waals surface area (Å²) < 4.78 is 0. The third kappa shape index (κ3) is 30.4. The number of aliphatic hydroxyl groups excluding tert-OH is 1. The van der Waals surface area contributed by atoms with E-state index in [0.717, 1.165) is 12.8 Å². The Kier molecular flexibility index (Phi) is 38.2. The Morgan fingerprint density at radius 1 is 0.765 bits per heavy atom. The molecule has 0 bridgehead atoms. The van der Waals surface area contributed by atoms with E-state index >= 15 is 0 Å². The zero-order valence-corrected chi connectivity index (χ0v) is 25.5. The van der Waals surface area contributed by atoms with Crippen LogP contribution in [-0.2, 0) is 10.3 Å². The second-order valence-corrected chi connectivity index (χ2v) is 7.78. The number of rotatable bonds is 18. The molecule has 188 valence electrons. The van der Waals surface area contributed by atoms with E-state index in [0.29, 0.717) is 0 Å². The molecule has 6 N–H and O–H groups in total. The number of hydrogen-bond donors (Lipinski definition) is 4. The van der Waals surface area contributed by atoms with Crippen LogP contribution in [0.5, 0.6) is 0 Å². The minimum atomic E-state index is -0.903. The van der Waals surface area contributed by atoms with Gasteiger partial charge in [0.05, 0.1) is 0 Å². The third-order valence-electron chi connectivity index (χ3n) is 4.89. The number of nitrogens with zero attached hydrogens (tertiary/aromatic N) is 3. The average Bonchev–Trinajstić information content (AvgIpc) is 2.71. The van der Waals surface area contributed by atoms with Crippen LogP contribution in [0.15, 0.2) is 0 Å². The molecule has 34 heavy (non-hydrogen) atoms. The number of unbranched alkanes of at least 4 members (excludes halogenated alkanes) is 14. The van der Waals surface area contributed by atoms with Crippen molar-refractivity contribution < 1.29 is 20.5 Å². The van der Waals surface area contributed by atoms with E-state index in [2.05, 4.69) is 27.2 Å². The summed E-state index contributed by atoms with van der Waals surface area (Å²) in [5.41, 5.74) is 10.5. The van der Waals surface area contributed by atoms with Crippen LogP contribution < -0.4 is 21.9 Å². The first-order valence-electron chi connectivity index (χ1n) is 11.8. The van der Waals surface area contributed by atoms with E-state index in [1.165, 1.54) is 83.5 Å². The Morgan fingerprint density at radius 2 is 1.12 bits per heavy atom. The van der Waals surface area contributed by atoms with Gasteiger partial charge in [0, 0.05) is 5.97 Å². The Hall–Kier alpha value is 0.319. The van der Waals surface area contributed by atoms with Crippen molar-refractivity contribution in [2.24, 2.45) is 0 Å². The number of carboxylic acid groups (broad SMARTS) is 1. The standard InChI is InChI=1S/C18H36O2.C4H8N6O.2Ca.O/c1-2-3-4-5-6-7-8-9-10-11-12-13-14-15-16-17-18(19)20;5-2-8-3(6)10-4(9-2)7-1-11;;;/h2-17H2,1H3,(H,19,20);11H,1H2,(H5,5,6,7,8,9,10);;;/q;;2*+2;-2/p-1. The fourth-order valence-corrected chi connectivity index (χ4v) is 3.20. The van der Waals surface area contributed by atoms with Gasteiger partial charge < -0.3 is 37.3 Å². The van der Waals surface area contributed by atoms with Crippen molar-refractivity contribution in [3.05, 3.63) is 0 Å². The molecule has 0 amide bonds. The van der Waals surface area contributed by atoms with Gasteiger partial charge in [-0.1, -0.05) is 96.8 Å². The summed E-state index contributed by atoms with van der Waals surface area (Å²) in [6.45, 7) is 1.99. The molecule has 0 aliphatic carbocycles. The van der Waals surface area contributed by atoms with Gasteiger partial charge in [-0.3, -0.25) is 0 Å². The number of carbonyl (C=O) groups is 1. The normalized spacial score (nSPS) is 9.47. The number of aliphatic hydroxyl groups is 1. The quantitative estimate of drug-likeness (QED) is 0.124. The summed E-state index contributed by atoms with van der Waals surface area (Å²) in [5, 5.41) is 21.1. The van der Waals surface area contributed by atoms with Gasteiger partial charge in [0.1, 0.15) is 6.73 Å². The maximum Gasteiger partial charge on any atom is 2.00 e. The molecule has 1 rings (SSSR count). The molecule has 0 saturated carbocycles. The monoisotopic (exact) mass is 535 g/mol. The SMILES string of the molecule is CCCCCCCCCCCCCCCCCC(=O)[O-].Nc1nc(N)nc(NCO)n1.[Ca+2].[Ca+2].[O-2]. The van der Waals surface area contributed by atoms with Gasteiger partial charge in [-0.05, 0) is 12.8 Å². The maximum absolute atomic E-state index is 10.2. The van der Waals surface area contributed by atoms with Crippen molar-refractivity contribution in [3.63, 3.8) is 0 Å². The minimum absolute atomic E-state index is 0. The molecule has 1 heterocycles. The van der Waals surface area contributed by atoms with Crippen molar-refractivity contribution in [2.45, 2.75) is 110 Å². The Bertz CT molecular complexity index is 554. The van der Waals surface area contributed by atoms with Crippen molar-refractivity contribution in [2.75, 3.05) is 23.5 Å². The number of carboxylic acids is 1. The molecule has 0 aliphatic rings. The van der Waals surface area contributed by atoms with Crippen LogP contribution in [0.3, 0.4) is 0 Å². The van der Waals surface area contributed by atoms with Crippen LogP contribution in [0.1, 0.15) is 110 Å². The summed E-state index contributed by atoms with van der Waals surface area (Å²) in [6, 6.07) is 0. The molecule has 1 aromatic heterocycles. The predicted molar refractivity (Wildman–Crippen MR) is 136 cm³/mol. The van der Waals surface area contributed by atoms with E-state index in [1.54, 1.807) is 0 Å². The topological polar surface area (TPSA) is 192 Å². The smallest absolute Gasteiger partial charge is 2.00 e. The van der Waals surface area contributed by atoms with E-state index in [1.807, 2.05) is 0 Å². The molecule has 0 aromatic carbocycles. The number of nitrogen functional groups attached to an aromatic ring is 2. The third-order valence-corrected chi connectivity index (χ3v) is 4.89. The molecule has 0 radical (unpaired) electrons. The molecule has 0 saturated heterocycles. The summed E-state index contributed by atoms with van der Waals surface area (Å²) in [7, 11) is 0. The Labute approximate surface area is 265 Å². The summed E-state index contributed by atoms with van der Waals surface area (Å²) >= 11 is 0. The van der Waals surface area contributed by atoms with Crippen LogP contribution in [0.4, 0.5) is 17.8 Å². The molecule has 0 unspecified atom stereocenters. The molecule has 0 spiro atoms. The van der Waals surface area contributed by atoms with Gasteiger partial charge in [0.2, 0.25) is 17.8 Å². The van der Waals surface area contributed by atoms with E-state index in [9.17, 15) is 9.90 Å². The van der Waals surface area contributed by atoms with E-state index < -0.39 is 5.97 Å². The number of carbonyl (C=O) groups excluding carboxylic acids is 1.